The van der Waals surface area contributed by atoms with E-state index in [0.29, 0.717) is 6.54 Å². The van der Waals surface area contributed by atoms with Gasteiger partial charge in [0.1, 0.15) is 5.82 Å². The summed E-state index contributed by atoms with van der Waals surface area (Å²) in [4.78, 5) is 12.8. The minimum atomic E-state index is -0.565. The first kappa shape index (κ1) is 16.3. The number of ether oxygens (including phenoxy) is 1. The number of hydrogen-bond acceptors (Lipinski definition) is 4. The highest BCUT2D eigenvalue weighted by Gasteiger charge is 2.27. The van der Waals surface area contributed by atoms with Gasteiger partial charge in [-0.25, -0.2) is 0 Å². The van der Waals surface area contributed by atoms with Crippen molar-refractivity contribution in [3.05, 3.63) is 47.5 Å². The van der Waals surface area contributed by atoms with E-state index in [4.69, 9.17) is 4.74 Å². The van der Waals surface area contributed by atoms with Gasteiger partial charge in [-0.2, -0.15) is 0 Å². The number of nitrogens with one attached hydrogen (secondary N) is 1. The highest BCUT2D eigenvalue weighted by Crippen LogP contribution is 2.28. The van der Waals surface area contributed by atoms with Crippen molar-refractivity contribution >= 4 is 5.91 Å². The molecule has 1 aromatic carbocycles. The number of amides is 1. The molecule has 4 rings (SSSR count). The fraction of sp³-hybridized carbons (Fsp3) is 0.526. The first-order valence-corrected chi connectivity index (χ1v) is 9.20. The third kappa shape index (κ3) is 3.58. The number of fused-ring (bicyclic) bond motifs is 1. The van der Waals surface area contributed by atoms with Gasteiger partial charge < -0.3 is 14.6 Å². The summed E-state index contributed by atoms with van der Waals surface area (Å²) < 4.78 is 8.27. The molecular formula is C19H24N4O2. The molecule has 2 aliphatic rings. The summed E-state index contributed by atoms with van der Waals surface area (Å²) >= 11 is 0. The second kappa shape index (κ2) is 7.35. The van der Waals surface area contributed by atoms with Crippen molar-refractivity contribution in [3.8, 4) is 0 Å². The van der Waals surface area contributed by atoms with Gasteiger partial charge in [-0.3, -0.25) is 4.79 Å². The largest absolute Gasteiger partial charge is 0.360 e. The van der Waals surface area contributed by atoms with Crippen molar-refractivity contribution in [2.75, 3.05) is 0 Å². The van der Waals surface area contributed by atoms with E-state index in [2.05, 4.69) is 20.1 Å². The van der Waals surface area contributed by atoms with Gasteiger partial charge in [0.2, 0.25) is 0 Å². The monoisotopic (exact) mass is 340 g/mol. The first-order valence-electron chi connectivity index (χ1n) is 9.20. The molecule has 0 radical (unpaired) electrons. The quantitative estimate of drug-likeness (QED) is 0.877. The van der Waals surface area contributed by atoms with Crippen molar-refractivity contribution in [2.24, 2.45) is 0 Å². The highest BCUT2D eigenvalue weighted by molar-refractivity contribution is 5.82. The van der Waals surface area contributed by atoms with Crippen molar-refractivity contribution in [3.63, 3.8) is 0 Å². The van der Waals surface area contributed by atoms with Crippen molar-refractivity contribution < 1.29 is 9.53 Å². The van der Waals surface area contributed by atoms with Crippen LogP contribution in [0.4, 0.5) is 0 Å². The van der Waals surface area contributed by atoms with Gasteiger partial charge in [-0.05, 0) is 24.8 Å². The molecule has 1 saturated carbocycles. The molecule has 1 aromatic heterocycles. The normalized spacial score (nSPS) is 18.2. The summed E-state index contributed by atoms with van der Waals surface area (Å²) in [5, 5.41) is 11.4. The van der Waals surface area contributed by atoms with E-state index < -0.39 is 6.10 Å². The molecule has 1 atom stereocenters. The molecule has 0 saturated heterocycles. The molecule has 1 aliphatic carbocycles. The average Bonchev–Trinajstić information content (AvgIpc) is 3.37. The van der Waals surface area contributed by atoms with Gasteiger partial charge >= 0.3 is 0 Å². The minimum Gasteiger partial charge on any atom is -0.360 e. The maximum absolute atomic E-state index is 12.8. The number of aromatic nitrogens is 3. The fourth-order valence-corrected chi connectivity index (χ4v) is 3.74. The summed E-state index contributed by atoms with van der Waals surface area (Å²) in [6.45, 7) is 1.33. The average molecular weight is 340 g/mol. The lowest BCUT2D eigenvalue weighted by molar-refractivity contribution is -0.137. The molecule has 0 unspecified atom stereocenters. The van der Waals surface area contributed by atoms with E-state index >= 15 is 0 Å². The predicted octanol–water partition coefficient (Wildman–Crippen LogP) is 2.54. The van der Waals surface area contributed by atoms with Gasteiger partial charge in [0.25, 0.3) is 5.91 Å². The molecule has 1 N–H and O–H groups in total. The Bertz CT molecular complexity index is 722. The lowest BCUT2D eigenvalue weighted by atomic mass is 10.1. The number of benzene rings is 1. The second-order valence-corrected chi connectivity index (χ2v) is 6.84. The zero-order chi connectivity index (χ0) is 17.1. The Morgan fingerprint density at radius 2 is 2.00 bits per heavy atom. The molecule has 1 amide bonds. The first-order chi connectivity index (χ1) is 12.3. The number of aryl methyl sites for hydroxylation is 1. The Labute approximate surface area is 147 Å². The minimum absolute atomic E-state index is 0.103. The lowest BCUT2D eigenvalue weighted by Crippen LogP contribution is -2.33. The van der Waals surface area contributed by atoms with E-state index in [1.807, 2.05) is 30.3 Å². The van der Waals surface area contributed by atoms with Crippen LogP contribution >= 0.6 is 0 Å². The van der Waals surface area contributed by atoms with Crippen LogP contribution in [0.25, 0.3) is 0 Å². The van der Waals surface area contributed by atoms with E-state index in [9.17, 15) is 4.79 Å². The topological polar surface area (TPSA) is 69.0 Å². The van der Waals surface area contributed by atoms with E-state index in [1.54, 1.807) is 0 Å². The fourth-order valence-electron chi connectivity index (χ4n) is 3.74. The number of nitrogens with zero attached hydrogens (tertiary/aromatic N) is 3. The van der Waals surface area contributed by atoms with Crippen LogP contribution in [0.15, 0.2) is 30.3 Å². The Balaban J connectivity index is 1.45. The standard InChI is InChI=1S/C19H24N4O2/c24-19(20-13-17-22-21-16-11-6-12-23(16)17)18(14-7-2-1-3-8-14)25-15-9-4-5-10-15/h1-3,7-8,15,18H,4-6,9-13H2,(H,20,24)/t18-/m1/s1. The summed E-state index contributed by atoms with van der Waals surface area (Å²) in [5.41, 5.74) is 0.901. The summed E-state index contributed by atoms with van der Waals surface area (Å²) in [6.07, 6.45) is 6.11. The third-order valence-electron chi connectivity index (χ3n) is 5.08. The molecule has 2 heterocycles. The molecule has 0 bridgehead atoms. The molecule has 6 nitrogen and oxygen atoms in total. The van der Waals surface area contributed by atoms with E-state index in [-0.39, 0.29) is 12.0 Å². The van der Waals surface area contributed by atoms with Gasteiger partial charge in [-0.15, -0.1) is 10.2 Å². The van der Waals surface area contributed by atoms with Crippen LogP contribution in [-0.4, -0.2) is 26.8 Å². The van der Waals surface area contributed by atoms with Crippen molar-refractivity contribution in [1.82, 2.24) is 20.1 Å². The van der Waals surface area contributed by atoms with Crippen LogP contribution in [0.1, 0.15) is 55.4 Å². The maximum atomic E-state index is 12.8. The van der Waals surface area contributed by atoms with Gasteiger partial charge in [0.05, 0.1) is 12.6 Å². The van der Waals surface area contributed by atoms with Crippen molar-refractivity contribution in [1.29, 1.82) is 0 Å². The zero-order valence-electron chi connectivity index (χ0n) is 14.4. The van der Waals surface area contributed by atoms with Crippen LogP contribution < -0.4 is 5.32 Å². The lowest BCUT2D eigenvalue weighted by Gasteiger charge is -2.22. The van der Waals surface area contributed by atoms with Gasteiger partial charge in [-0.1, -0.05) is 43.2 Å². The zero-order valence-corrected chi connectivity index (χ0v) is 14.4. The third-order valence-corrected chi connectivity index (χ3v) is 5.08. The van der Waals surface area contributed by atoms with Crippen LogP contribution in [0, 0.1) is 0 Å². The van der Waals surface area contributed by atoms with Gasteiger partial charge in [0.15, 0.2) is 11.9 Å². The van der Waals surface area contributed by atoms with Crippen LogP contribution in [-0.2, 0) is 29.0 Å². The van der Waals surface area contributed by atoms with E-state index in [1.165, 1.54) is 12.8 Å². The molecule has 132 valence electrons. The number of hydrogen-bond donors (Lipinski definition) is 1. The predicted molar refractivity (Wildman–Crippen MR) is 92.7 cm³/mol. The smallest absolute Gasteiger partial charge is 0.254 e. The van der Waals surface area contributed by atoms with Crippen molar-refractivity contribution in [2.45, 2.75) is 63.8 Å². The Morgan fingerprint density at radius 3 is 2.80 bits per heavy atom. The second-order valence-electron chi connectivity index (χ2n) is 6.84. The van der Waals surface area contributed by atoms with Crippen LogP contribution in [0.2, 0.25) is 0 Å². The highest BCUT2D eigenvalue weighted by atomic mass is 16.5. The molecule has 2 aromatic rings. The Hall–Kier alpha value is -2.21. The summed E-state index contributed by atoms with van der Waals surface area (Å²) in [6, 6.07) is 9.74. The molecule has 6 heteroatoms. The molecule has 25 heavy (non-hydrogen) atoms. The van der Waals surface area contributed by atoms with E-state index in [0.717, 1.165) is 49.4 Å². The maximum Gasteiger partial charge on any atom is 0.254 e. The molecule has 1 aliphatic heterocycles. The number of rotatable bonds is 6. The summed E-state index contributed by atoms with van der Waals surface area (Å²) in [5.74, 6) is 1.74. The van der Waals surface area contributed by atoms with Crippen LogP contribution in [0.3, 0.4) is 0 Å². The molecule has 1 fully saturated rings. The van der Waals surface area contributed by atoms with Gasteiger partial charge in [0, 0.05) is 13.0 Å². The Kier molecular flexibility index (Phi) is 4.78. The molecular weight excluding hydrogens is 316 g/mol. The number of carbonyl (C=O) groups is 1. The molecule has 0 spiro atoms. The van der Waals surface area contributed by atoms with Crippen LogP contribution in [0.5, 0.6) is 0 Å². The Morgan fingerprint density at radius 1 is 1.20 bits per heavy atom. The number of carbonyl (C=O) groups excluding carboxylic acids is 1. The SMILES string of the molecule is O=C(NCc1nnc2n1CCC2)[C@H](OC1CCCC1)c1ccccc1. The summed E-state index contributed by atoms with van der Waals surface area (Å²) in [7, 11) is 0.